The number of aryl methyl sites for hydroxylation is 2. The molecule has 9 heteroatoms. The van der Waals surface area contributed by atoms with Crippen LogP contribution in [0.25, 0.3) is 0 Å². The van der Waals surface area contributed by atoms with Crippen molar-refractivity contribution in [1.82, 2.24) is 10.2 Å². The largest absolute Gasteiger partial charge is 0.352 e. The molecule has 0 aliphatic rings. The minimum atomic E-state index is -4.30. The SMILES string of the molecule is CC[C@H](C)NC(=O)[C@H](Cc1ccccc1)N(Cc1ccc(C)cc1)C(=O)CN(c1ccc(C)cc1)S(=O)(=O)c1ccc(F)cc1. The first-order chi connectivity index (χ1) is 21.5. The molecule has 0 bridgehead atoms. The van der Waals surface area contributed by atoms with Crippen molar-refractivity contribution in [3.8, 4) is 0 Å². The summed E-state index contributed by atoms with van der Waals surface area (Å²) >= 11 is 0. The number of hydrogen-bond donors (Lipinski definition) is 1. The van der Waals surface area contributed by atoms with E-state index in [0.717, 1.165) is 38.7 Å². The second-order valence-corrected chi connectivity index (χ2v) is 13.2. The number of nitrogens with one attached hydrogen (secondary N) is 1. The van der Waals surface area contributed by atoms with E-state index in [0.29, 0.717) is 6.42 Å². The van der Waals surface area contributed by atoms with E-state index in [1.54, 1.807) is 24.3 Å². The zero-order valence-corrected chi connectivity index (χ0v) is 26.9. The monoisotopic (exact) mass is 629 g/mol. The van der Waals surface area contributed by atoms with Gasteiger partial charge in [0.15, 0.2) is 0 Å². The van der Waals surface area contributed by atoms with Crippen LogP contribution in [-0.2, 0) is 32.6 Å². The van der Waals surface area contributed by atoms with Crippen molar-refractivity contribution < 1.29 is 22.4 Å². The summed E-state index contributed by atoms with van der Waals surface area (Å²) in [5.41, 5.74) is 3.89. The molecule has 0 spiro atoms. The van der Waals surface area contributed by atoms with E-state index in [9.17, 15) is 22.4 Å². The molecule has 0 radical (unpaired) electrons. The zero-order chi connectivity index (χ0) is 32.6. The quantitative estimate of drug-likeness (QED) is 0.191. The molecule has 236 valence electrons. The van der Waals surface area contributed by atoms with Crippen molar-refractivity contribution in [2.24, 2.45) is 0 Å². The Morgan fingerprint density at radius 2 is 1.38 bits per heavy atom. The predicted molar refractivity (Wildman–Crippen MR) is 176 cm³/mol. The molecule has 4 aromatic carbocycles. The second-order valence-electron chi connectivity index (χ2n) is 11.3. The highest BCUT2D eigenvalue weighted by Crippen LogP contribution is 2.26. The summed E-state index contributed by atoms with van der Waals surface area (Å²) in [5.74, 6) is -1.45. The molecule has 0 saturated carbocycles. The second kappa shape index (κ2) is 15.0. The Labute approximate surface area is 265 Å². The number of anilines is 1. The van der Waals surface area contributed by atoms with Crippen LogP contribution in [0.2, 0.25) is 0 Å². The molecule has 0 fully saturated rings. The van der Waals surface area contributed by atoms with E-state index in [-0.39, 0.29) is 35.5 Å². The molecule has 45 heavy (non-hydrogen) atoms. The lowest BCUT2D eigenvalue weighted by molar-refractivity contribution is -0.140. The molecule has 2 atom stereocenters. The standard InChI is InChI=1S/C36H40FN3O4S/c1-5-28(4)38-36(42)34(23-29-9-7-6-8-10-29)39(24-30-15-11-26(2)12-16-30)35(41)25-40(32-19-13-27(3)14-20-32)45(43,44)33-21-17-31(37)18-22-33/h6-22,28,34H,5,23-25H2,1-4H3,(H,38,42)/t28-,34-/m0/s1. The van der Waals surface area contributed by atoms with Gasteiger partial charge in [-0.05, 0) is 74.7 Å². The first-order valence-corrected chi connectivity index (χ1v) is 16.5. The summed E-state index contributed by atoms with van der Waals surface area (Å²) in [5, 5.41) is 3.03. The van der Waals surface area contributed by atoms with Gasteiger partial charge in [-0.1, -0.05) is 84.8 Å². The lowest BCUT2D eigenvalue weighted by atomic mass is 10.0. The normalized spacial score (nSPS) is 12.6. The lowest BCUT2D eigenvalue weighted by Gasteiger charge is -2.34. The third-order valence-corrected chi connectivity index (χ3v) is 9.54. The highest BCUT2D eigenvalue weighted by atomic mass is 32.2. The minimum absolute atomic E-state index is 0.0862. The van der Waals surface area contributed by atoms with Gasteiger partial charge in [0.05, 0.1) is 10.6 Å². The van der Waals surface area contributed by atoms with E-state index >= 15 is 0 Å². The lowest BCUT2D eigenvalue weighted by Crippen LogP contribution is -2.54. The Hall–Kier alpha value is -4.50. The van der Waals surface area contributed by atoms with Crippen molar-refractivity contribution in [2.45, 2.75) is 64.1 Å². The molecule has 0 heterocycles. The Morgan fingerprint density at radius 3 is 1.96 bits per heavy atom. The van der Waals surface area contributed by atoms with Crippen molar-refractivity contribution in [3.63, 3.8) is 0 Å². The molecular formula is C36H40FN3O4S. The topological polar surface area (TPSA) is 86.8 Å². The number of rotatable bonds is 13. The van der Waals surface area contributed by atoms with Crippen molar-refractivity contribution in [2.75, 3.05) is 10.8 Å². The molecule has 0 aliphatic heterocycles. The molecule has 0 unspecified atom stereocenters. The summed E-state index contributed by atoms with van der Waals surface area (Å²) < 4.78 is 42.8. The van der Waals surface area contributed by atoms with Crippen molar-refractivity contribution in [1.29, 1.82) is 0 Å². The van der Waals surface area contributed by atoms with Crippen LogP contribution in [0.15, 0.2) is 108 Å². The summed E-state index contributed by atoms with van der Waals surface area (Å²) in [6.07, 6.45) is 0.933. The van der Waals surface area contributed by atoms with Crippen LogP contribution in [-0.4, -0.2) is 43.8 Å². The van der Waals surface area contributed by atoms with E-state index in [2.05, 4.69) is 5.32 Å². The molecule has 0 aliphatic carbocycles. The summed E-state index contributed by atoms with van der Waals surface area (Å²) in [6.45, 7) is 7.22. The number of hydrogen-bond acceptors (Lipinski definition) is 4. The maximum absolute atomic E-state index is 14.5. The van der Waals surface area contributed by atoms with Gasteiger partial charge in [-0.3, -0.25) is 13.9 Å². The van der Waals surface area contributed by atoms with E-state index in [1.807, 2.05) is 82.3 Å². The Bertz CT molecular complexity index is 1680. The smallest absolute Gasteiger partial charge is 0.264 e. The van der Waals surface area contributed by atoms with Crippen LogP contribution in [0.4, 0.5) is 10.1 Å². The first-order valence-electron chi connectivity index (χ1n) is 15.0. The highest BCUT2D eigenvalue weighted by Gasteiger charge is 2.35. The van der Waals surface area contributed by atoms with Crippen LogP contribution in [0.5, 0.6) is 0 Å². The number of nitrogens with zero attached hydrogens (tertiary/aromatic N) is 2. The van der Waals surface area contributed by atoms with Gasteiger partial charge in [-0.2, -0.15) is 0 Å². The molecule has 4 aromatic rings. The molecule has 0 aromatic heterocycles. The van der Waals surface area contributed by atoms with Gasteiger partial charge in [0.25, 0.3) is 10.0 Å². The van der Waals surface area contributed by atoms with E-state index in [4.69, 9.17) is 0 Å². The molecule has 7 nitrogen and oxygen atoms in total. The van der Waals surface area contributed by atoms with E-state index in [1.165, 1.54) is 17.0 Å². The Kier molecular flexibility index (Phi) is 11.1. The predicted octanol–water partition coefficient (Wildman–Crippen LogP) is 6.19. The highest BCUT2D eigenvalue weighted by molar-refractivity contribution is 7.92. The molecule has 2 amide bonds. The number of sulfonamides is 1. The summed E-state index contributed by atoms with van der Waals surface area (Å²) in [6, 6.07) is 27.3. The van der Waals surface area contributed by atoms with Gasteiger partial charge >= 0.3 is 0 Å². The molecule has 1 N–H and O–H groups in total. The summed E-state index contributed by atoms with van der Waals surface area (Å²) in [7, 11) is -4.30. The average molecular weight is 630 g/mol. The molecule has 4 rings (SSSR count). The average Bonchev–Trinajstić information content (AvgIpc) is 3.03. The minimum Gasteiger partial charge on any atom is -0.352 e. The number of halogens is 1. The fourth-order valence-electron chi connectivity index (χ4n) is 4.86. The number of carbonyl (C=O) groups is 2. The fraction of sp³-hybridized carbons (Fsp3) is 0.278. The fourth-order valence-corrected chi connectivity index (χ4v) is 6.27. The van der Waals surface area contributed by atoms with Crippen LogP contribution in [0, 0.1) is 19.7 Å². The van der Waals surface area contributed by atoms with Crippen LogP contribution >= 0.6 is 0 Å². The third-order valence-electron chi connectivity index (χ3n) is 7.75. The third kappa shape index (κ3) is 8.79. The first kappa shape index (κ1) is 33.4. The van der Waals surface area contributed by atoms with Gasteiger partial charge in [-0.15, -0.1) is 0 Å². The Morgan fingerprint density at radius 1 is 0.800 bits per heavy atom. The van der Waals surface area contributed by atoms with Gasteiger partial charge in [-0.25, -0.2) is 12.8 Å². The maximum Gasteiger partial charge on any atom is 0.264 e. The van der Waals surface area contributed by atoms with Gasteiger partial charge in [0, 0.05) is 19.0 Å². The Balaban J connectivity index is 1.80. The number of amides is 2. The summed E-state index contributed by atoms with van der Waals surface area (Å²) in [4.78, 5) is 29.7. The molecular weight excluding hydrogens is 589 g/mol. The molecule has 0 saturated heterocycles. The van der Waals surface area contributed by atoms with Gasteiger partial charge in [0.1, 0.15) is 18.4 Å². The van der Waals surface area contributed by atoms with Crippen LogP contribution < -0.4 is 9.62 Å². The number of carbonyl (C=O) groups excluding carboxylic acids is 2. The van der Waals surface area contributed by atoms with E-state index < -0.39 is 34.3 Å². The number of benzene rings is 4. The van der Waals surface area contributed by atoms with Gasteiger partial charge in [0.2, 0.25) is 11.8 Å². The van der Waals surface area contributed by atoms with Gasteiger partial charge < -0.3 is 10.2 Å². The van der Waals surface area contributed by atoms with Crippen LogP contribution in [0.1, 0.15) is 42.5 Å². The van der Waals surface area contributed by atoms with Crippen LogP contribution in [0.3, 0.4) is 0 Å². The maximum atomic E-state index is 14.5. The van der Waals surface area contributed by atoms with Crippen molar-refractivity contribution >= 4 is 27.5 Å². The van der Waals surface area contributed by atoms with Crippen molar-refractivity contribution in [3.05, 3.63) is 131 Å². The zero-order valence-electron chi connectivity index (χ0n) is 26.1.